The summed E-state index contributed by atoms with van der Waals surface area (Å²) >= 11 is 0. The van der Waals surface area contributed by atoms with Crippen LogP contribution >= 0.6 is 0 Å². The highest BCUT2D eigenvalue weighted by Gasteiger charge is 2.21. The number of allylic oxidation sites excluding steroid dienone is 1. The Morgan fingerprint density at radius 3 is 2.62 bits per heavy atom. The van der Waals surface area contributed by atoms with Gasteiger partial charge in [-0.1, -0.05) is 32.3 Å². The molecule has 1 heteroatoms. The van der Waals surface area contributed by atoms with Crippen LogP contribution in [0, 0.1) is 11.8 Å². The maximum Gasteiger partial charge on any atom is 0.136 e. The van der Waals surface area contributed by atoms with Gasteiger partial charge in [-0.05, 0) is 18.8 Å². The van der Waals surface area contributed by atoms with Crippen molar-refractivity contribution in [2.75, 3.05) is 0 Å². The van der Waals surface area contributed by atoms with Gasteiger partial charge in [-0.15, -0.1) is 6.58 Å². The molecule has 0 aromatic rings. The number of Topliss-reactive ketones (excluding diaryl/α,β-unsaturated/α-hetero) is 1. The van der Waals surface area contributed by atoms with Crippen LogP contribution in [0.3, 0.4) is 0 Å². The van der Waals surface area contributed by atoms with Gasteiger partial charge in [0.25, 0.3) is 0 Å². The summed E-state index contributed by atoms with van der Waals surface area (Å²) in [7, 11) is 0. The Morgan fingerprint density at radius 1 is 1.46 bits per heavy atom. The van der Waals surface area contributed by atoms with Crippen molar-refractivity contribution in [1.29, 1.82) is 0 Å². The molecule has 0 amide bonds. The molecule has 74 valence electrons. The topological polar surface area (TPSA) is 17.1 Å². The van der Waals surface area contributed by atoms with E-state index in [1.807, 2.05) is 6.08 Å². The standard InChI is InChI=1S/C12H20O/c1-3-10(2)9-12(13)11-7-5-4-6-8-11/h3,10-11H,1,4-9H2,2H3. The fourth-order valence-electron chi connectivity index (χ4n) is 1.99. The summed E-state index contributed by atoms with van der Waals surface area (Å²) in [5.41, 5.74) is 0. The van der Waals surface area contributed by atoms with Crippen molar-refractivity contribution in [2.24, 2.45) is 11.8 Å². The molecule has 0 aromatic carbocycles. The Morgan fingerprint density at radius 2 is 2.08 bits per heavy atom. The molecule has 0 aliphatic heterocycles. The zero-order valence-electron chi connectivity index (χ0n) is 8.59. The van der Waals surface area contributed by atoms with E-state index in [-0.39, 0.29) is 0 Å². The molecule has 1 aliphatic rings. The van der Waals surface area contributed by atoms with Gasteiger partial charge in [0.15, 0.2) is 0 Å². The fraction of sp³-hybridized carbons (Fsp3) is 0.750. The predicted molar refractivity (Wildman–Crippen MR) is 55.6 cm³/mol. The highest BCUT2D eigenvalue weighted by Crippen LogP contribution is 2.26. The first kappa shape index (κ1) is 10.5. The quantitative estimate of drug-likeness (QED) is 0.606. The first-order chi connectivity index (χ1) is 6.24. The van der Waals surface area contributed by atoms with Crippen molar-refractivity contribution >= 4 is 5.78 Å². The van der Waals surface area contributed by atoms with Crippen LogP contribution in [0.15, 0.2) is 12.7 Å². The Bertz CT molecular complexity index is 178. The summed E-state index contributed by atoms with van der Waals surface area (Å²) in [6.07, 6.45) is 8.65. The molecule has 0 saturated heterocycles. The van der Waals surface area contributed by atoms with Crippen LogP contribution in [0.25, 0.3) is 0 Å². The summed E-state index contributed by atoms with van der Waals surface area (Å²) in [6.45, 7) is 5.77. The lowest BCUT2D eigenvalue weighted by molar-refractivity contribution is -0.124. The fourth-order valence-corrected chi connectivity index (χ4v) is 1.99. The van der Waals surface area contributed by atoms with E-state index in [4.69, 9.17) is 0 Å². The monoisotopic (exact) mass is 180 g/mol. The van der Waals surface area contributed by atoms with Crippen LogP contribution in [0.1, 0.15) is 45.4 Å². The molecule has 0 spiro atoms. The lowest BCUT2D eigenvalue weighted by Crippen LogP contribution is -2.19. The molecule has 1 rings (SSSR count). The molecule has 1 fully saturated rings. The first-order valence-corrected chi connectivity index (χ1v) is 5.39. The Balaban J connectivity index is 2.32. The van der Waals surface area contributed by atoms with E-state index in [0.29, 0.717) is 24.0 Å². The second-order valence-electron chi connectivity index (χ2n) is 4.22. The van der Waals surface area contributed by atoms with Crippen molar-refractivity contribution < 1.29 is 4.79 Å². The van der Waals surface area contributed by atoms with Gasteiger partial charge < -0.3 is 0 Å². The molecule has 0 N–H and O–H groups in total. The maximum atomic E-state index is 11.7. The van der Waals surface area contributed by atoms with Crippen LogP contribution < -0.4 is 0 Å². The number of hydrogen-bond acceptors (Lipinski definition) is 1. The van der Waals surface area contributed by atoms with Crippen LogP contribution in [-0.4, -0.2) is 5.78 Å². The van der Waals surface area contributed by atoms with Crippen LogP contribution in [0.2, 0.25) is 0 Å². The number of carbonyl (C=O) groups is 1. The normalized spacial score (nSPS) is 21.0. The smallest absolute Gasteiger partial charge is 0.136 e. The van der Waals surface area contributed by atoms with Crippen molar-refractivity contribution in [3.8, 4) is 0 Å². The number of hydrogen-bond donors (Lipinski definition) is 0. The van der Waals surface area contributed by atoms with Gasteiger partial charge in [0.2, 0.25) is 0 Å². The van der Waals surface area contributed by atoms with Gasteiger partial charge in [-0.25, -0.2) is 0 Å². The van der Waals surface area contributed by atoms with E-state index in [1.165, 1.54) is 19.3 Å². The molecule has 0 aromatic heterocycles. The lowest BCUT2D eigenvalue weighted by Gasteiger charge is -2.21. The summed E-state index contributed by atoms with van der Waals surface area (Å²) in [6, 6.07) is 0. The molecular weight excluding hydrogens is 160 g/mol. The largest absolute Gasteiger partial charge is 0.299 e. The molecular formula is C12H20O. The minimum Gasteiger partial charge on any atom is -0.299 e. The van der Waals surface area contributed by atoms with Crippen molar-refractivity contribution in [3.05, 3.63) is 12.7 Å². The second kappa shape index (κ2) is 5.21. The first-order valence-electron chi connectivity index (χ1n) is 5.39. The van der Waals surface area contributed by atoms with E-state index in [9.17, 15) is 4.79 Å². The SMILES string of the molecule is C=CC(C)CC(=O)C1CCCCC1. The molecule has 0 heterocycles. The Kier molecular flexibility index (Phi) is 4.20. The van der Waals surface area contributed by atoms with Gasteiger partial charge in [0, 0.05) is 12.3 Å². The van der Waals surface area contributed by atoms with Gasteiger partial charge in [-0.3, -0.25) is 4.79 Å². The third kappa shape index (κ3) is 3.33. The summed E-state index contributed by atoms with van der Waals surface area (Å²) in [5, 5.41) is 0. The molecule has 0 radical (unpaired) electrons. The molecule has 13 heavy (non-hydrogen) atoms. The van der Waals surface area contributed by atoms with E-state index in [0.717, 1.165) is 12.8 Å². The molecule has 1 unspecified atom stereocenters. The Labute approximate surface area is 81.2 Å². The molecule has 1 aliphatic carbocycles. The lowest BCUT2D eigenvalue weighted by atomic mass is 9.83. The van der Waals surface area contributed by atoms with Crippen molar-refractivity contribution in [1.82, 2.24) is 0 Å². The second-order valence-corrected chi connectivity index (χ2v) is 4.22. The molecule has 0 bridgehead atoms. The Hall–Kier alpha value is -0.590. The van der Waals surface area contributed by atoms with Crippen molar-refractivity contribution in [2.45, 2.75) is 45.4 Å². The average molecular weight is 180 g/mol. The number of carbonyl (C=O) groups excluding carboxylic acids is 1. The van der Waals surface area contributed by atoms with E-state index >= 15 is 0 Å². The minimum absolute atomic E-state index is 0.356. The number of ketones is 1. The third-order valence-electron chi connectivity index (χ3n) is 2.99. The highest BCUT2D eigenvalue weighted by atomic mass is 16.1. The van der Waals surface area contributed by atoms with Gasteiger partial charge in [0.05, 0.1) is 0 Å². The minimum atomic E-state index is 0.356. The van der Waals surface area contributed by atoms with Crippen molar-refractivity contribution in [3.63, 3.8) is 0 Å². The molecule has 1 saturated carbocycles. The highest BCUT2D eigenvalue weighted by molar-refractivity contribution is 5.81. The zero-order chi connectivity index (χ0) is 9.68. The summed E-state index contributed by atoms with van der Waals surface area (Å²) in [5.74, 6) is 1.19. The third-order valence-corrected chi connectivity index (χ3v) is 2.99. The van der Waals surface area contributed by atoms with Crippen LogP contribution in [0.4, 0.5) is 0 Å². The van der Waals surface area contributed by atoms with Gasteiger partial charge in [0.1, 0.15) is 5.78 Å². The molecule has 1 nitrogen and oxygen atoms in total. The zero-order valence-corrected chi connectivity index (χ0v) is 8.59. The average Bonchev–Trinajstić information content (AvgIpc) is 2.19. The predicted octanol–water partition coefficient (Wildman–Crippen LogP) is 3.35. The van der Waals surface area contributed by atoms with Gasteiger partial charge in [-0.2, -0.15) is 0 Å². The molecule has 1 atom stereocenters. The van der Waals surface area contributed by atoms with Gasteiger partial charge >= 0.3 is 0 Å². The number of rotatable bonds is 4. The summed E-state index contributed by atoms with van der Waals surface area (Å²) < 4.78 is 0. The maximum absolute atomic E-state index is 11.7. The van der Waals surface area contributed by atoms with Crippen LogP contribution in [-0.2, 0) is 4.79 Å². The van der Waals surface area contributed by atoms with E-state index in [1.54, 1.807) is 0 Å². The summed E-state index contributed by atoms with van der Waals surface area (Å²) in [4.78, 5) is 11.7. The van der Waals surface area contributed by atoms with E-state index < -0.39 is 0 Å². The van der Waals surface area contributed by atoms with E-state index in [2.05, 4.69) is 13.5 Å². The van der Waals surface area contributed by atoms with Crippen LogP contribution in [0.5, 0.6) is 0 Å².